The van der Waals surface area contributed by atoms with Crippen LogP contribution in [0.25, 0.3) is 0 Å². The van der Waals surface area contributed by atoms with E-state index in [1.807, 2.05) is 0 Å². The Hall–Kier alpha value is -2.05. The molecule has 1 aromatic carbocycles. The number of carbonyl (C=O) groups excluding carboxylic acids is 1. The monoisotopic (exact) mass is 402 g/mol. The Balaban J connectivity index is 1.96. The SMILES string of the molecule is CCCS(=O)(=O)N1CCCC1C(=O)NCC#Cc1cccc(C(F)(F)F)c1. The minimum Gasteiger partial charge on any atom is -0.344 e. The largest absolute Gasteiger partial charge is 0.416 e. The maximum Gasteiger partial charge on any atom is 0.416 e. The topological polar surface area (TPSA) is 66.5 Å². The van der Waals surface area contributed by atoms with Gasteiger partial charge in [0.15, 0.2) is 0 Å². The summed E-state index contributed by atoms with van der Waals surface area (Å²) < 4.78 is 63.6. The number of rotatable bonds is 5. The van der Waals surface area contributed by atoms with E-state index in [0.29, 0.717) is 25.8 Å². The first-order chi connectivity index (χ1) is 12.6. The van der Waals surface area contributed by atoms with E-state index in [1.165, 1.54) is 16.4 Å². The predicted octanol–water partition coefficient (Wildman–Crippen LogP) is 2.38. The highest BCUT2D eigenvalue weighted by Gasteiger charge is 2.37. The molecule has 1 heterocycles. The van der Waals surface area contributed by atoms with Crippen LogP contribution in [-0.4, -0.2) is 43.5 Å². The molecule has 0 saturated carbocycles. The number of carbonyl (C=O) groups is 1. The standard InChI is InChI=1S/C18H21F3N2O3S/c1-2-12-27(25,26)23-11-5-9-16(23)17(24)22-10-4-7-14-6-3-8-15(13-14)18(19,20)21/h3,6,8,13,16H,2,5,9-12H2,1H3,(H,22,24). The van der Waals surface area contributed by atoms with Crippen molar-refractivity contribution in [1.29, 1.82) is 0 Å². The maximum absolute atomic E-state index is 12.7. The average Bonchev–Trinajstić information content (AvgIpc) is 3.09. The Kier molecular flexibility index (Phi) is 6.89. The van der Waals surface area contributed by atoms with Crippen molar-refractivity contribution in [1.82, 2.24) is 9.62 Å². The van der Waals surface area contributed by atoms with Gasteiger partial charge in [-0.1, -0.05) is 24.8 Å². The Labute approximate surface area is 157 Å². The van der Waals surface area contributed by atoms with Crippen LogP contribution in [0.4, 0.5) is 13.2 Å². The van der Waals surface area contributed by atoms with Crippen molar-refractivity contribution in [2.24, 2.45) is 0 Å². The predicted molar refractivity (Wildman–Crippen MR) is 95.1 cm³/mol. The zero-order valence-corrected chi connectivity index (χ0v) is 15.7. The minimum absolute atomic E-state index is 0.00781. The van der Waals surface area contributed by atoms with Crippen LogP contribution < -0.4 is 5.32 Å². The number of benzene rings is 1. The van der Waals surface area contributed by atoms with E-state index in [2.05, 4.69) is 17.2 Å². The second-order valence-electron chi connectivity index (χ2n) is 6.18. The molecule has 0 bridgehead atoms. The number of nitrogens with zero attached hydrogens (tertiary/aromatic N) is 1. The number of halogens is 3. The molecule has 9 heteroatoms. The molecule has 5 nitrogen and oxygen atoms in total. The van der Waals surface area contributed by atoms with E-state index in [1.54, 1.807) is 6.92 Å². The van der Waals surface area contributed by atoms with Gasteiger partial charge >= 0.3 is 6.18 Å². The van der Waals surface area contributed by atoms with Gasteiger partial charge in [-0.25, -0.2) is 8.42 Å². The van der Waals surface area contributed by atoms with Crippen molar-refractivity contribution in [2.45, 2.75) is 38.4 Å². The van der Waals surface area contributed by atoms with Crippen molar-refractivity contribution < 1.29 is 26.4 Å². The van der Waals surface area contributed by atoms with Crippen LogP contribution in [0, 0.1) is 11.8 Å². The summed E-state index contributed by atoms with van der Waals surface area (Å²) in [7, 11) is -3.47. The van der Waals surface area contributed by atoms with Crippen molar-refractivity contribution in [3.8, 4) is 11.8 Å². The van der Waals surface area contributed by atoms with Crippen LogP contribution in [-0.2, 0) is 21.0 Å². The third-order valence-corrected chi connectivity index (χ3v) is 6.18. The van der Waals surface area contributed by atoms with Crippen LogP contribution in [0.15, 0.2) is 24.3 Å². The van der Waals surface area contributed by atoms with Gasteiger partial charge in [-0.3, -0.25) is 4.79 Å². The fraction of sp³-hybridized carbons (Fsp3) is 0.500. The highest BCUT2D eigenvalue weighted by molar-refractivity contribution is 7.89. The Bertz CT molecular complexity index is 841. The molecule has 1 unspecified atom stereocenters. The lowest BCUT2D eigenvalue weighted by atomic mass is 10.1. The molecular weight excluding hydrogens is 381 g/mol. The van der Waals surface area contributed by atoms with Crippen molar-refractivity contribution in [3.05, 3.63) is 35.4 Å². The summed E-state index contributed by atoms with van der Waals surface area (Å²) >= 11 is 0. The fourth-order valence-electron chi connectivity index (χ4n) is 2.88. The highest BCUT2D eigenvalue weighted by Crippen LogP contribution is 2.29. The second-order valence-corrected chi connectivity index (χ2v) is 8.22. The number of alkyl halides is 3. The second kappa shape index (κ2) is 8.76. The van der Waals surface area contributed by atoms with Crippen LogP contribution >= 0.6 is 0 Å². The smallest absolute Gasteiger partial charge is 0.344 e. The molecule has 1 N–H and O–H groups in total. The van der Waals surface area contributed by atoms with Crippen molar-refractivity contribution in [3.63, 3.8) is 0 Å². The first-order valence-electron chi connectivity index (χ1n) is 8.58. The first-order valence-corrected chi connectivity index (χ1v) is 10.2. The summed E-state index contributed by atoms with van der Waals surface area (Å²) in [6.07, 6.45) is -2.93. The van der Waals surface area contributed by atoms with Gasteiger partial charge in [0.25, 0.3) is 0 Å². The third kappa shape index (κ3) is 5.71. The number of sulfonamides is 1. The minimum atomic E-state index is -4.44. The molecule has 0 aromatic heterocycles. The van der Waals surface area contributed by atoms with Gasteiger partial charge < -0.3 is 5.32 Å². The van der Waals surface area contributed by atoms with E-state index in [-0.39, 0.29) is 17.9 Å². The average molecular weight is 402 g/mol. The van der Waals surface area contributed by atoms with E-state index in [4.69, 9.17) is 0 Å². The molecule has 1 aliphatic rings. The number of nitrogens with one attached hydrogen (secondary N) is 1. The summed E-state index contributed by atoms with van der Waals surface area (Å²) in [6.45, 7) is 2.00. The lowest BCUT2D eigenvalue weighted by Gasteiger charge is -2.22. The van der Waals surface area contributed by atoms with Gasteiger partial charge in [0.05, 0.1) is 17.9 Å². The summed E-state index contributed by atoms with van der Waals surface area (Å²) in [5.41, 5.74) is -0.604. The van der Waals surface area contributed by atoms with Crippen molar-refractivity contribution >= 4 is 15.9 Å². The van der Waals surface area contributed by atoms with Gasteiger partial charge in [-0.2, -0.15) is 17.5 Å². The third-order valence-electron chi connectivity index (χ3n) is 4.10. The van der Waals surface area contributed by atoms with Crippen molar-refractivity contribution in [2.75, 3.05) is 18.8 Å². The molecule has 0 spiro atoms. The summed E-state index contributed by atoms with van der Waals surface area (Å²) in [4.78, 5) is 12.3. The molecule has 2 rings (SSSR count). The lowest BCUT2D eigenvalue weighted by Crippen LogP contribution is -2.46. The van der Waals surface area contributed by atoms with E-state index in [9.17, 15) is 26.4 Å². The Morgan fingerprint density at radius 2 is 2.11 bits per heavy atom. The molecule has 1 saturated heterocycles. The fourth-order valence-corrected chi connectivity index (χ4v) is 4.63. The maximum atomic E-state index is 12.7. The van der Waals surface area contributed by atoms with Gasteiger partial charge in [-0.15, -0.1) is 0 Å². The molecule has 0 aliphatic carbocycles. The molecule has 1 aliphatic heterocycles. The normalized spacial score (nSPS) is 18.0. The van der Waals surface area contributed by atoms with E-state index < -0.39 is 33.7 Å². The van der Waals surface area contributed by atoms with E-state index >= 15 is 0 Å². The highest BCUT2D eigenvalue weighted by atomic mass is 32.2. The number of hydrogen-bond acceptors (Lipinski definition) is 3. The van der Waals surface area contributed by atoms with Crippen LogP contribution in [0.2, 0.25) is 0 Å². The zero-order valence-electron chi connectivity index (χ0n) is 14.8. The van der Waals surface area contributed by atoms with E-state index in [0.717, 1.165) is 12.1 Å². The number of amides is 1. The zero-order chi connectivity index (χ0) is 20.1. The van der Waals surface area contributed by atoms with Gasteiger partial charge in [0.2, 0.25) is 15.9 Å². The van der Waals surface area contributed by atoms with Crippen LogP contribution in [0.5, 0.6) is 0 Å². The van der Waals surface area contributed by atoms with Crippen LogP contribution in [0.1, 0.15) is 37.3 Å². The molecule has 148 valence electrons. The molecule has 1 aromatic rings. The quantitative estimate of drug-likeness (QED) is 0.769. The Morgan fingerprint density at radius 3 is 2.78 bits per heavy atom. The first kappa shape index (κ1) is 21.3. The van der Waals surface area contributed by atoms with Gasteiger partial charge in [-0.05, 0) is 37.5 Å². The summed E-state index contributed by atoms with van der Waals surface area (Å²) in [5, 5.41) is 2.54. The molecule has 27 heavy (non-hydrogen) atoms. The summed E-state index contributed by atoms with van der Waals surface area (Å²) in [6, 6.07) is 3.85. The molecule has 0 radical (unpaired) electrons. The molecular formula is C18H21F3N2O3S. The van der Waals surface area contributed by atoms with Crippen LogP contribution in [0.3, 0.4) is 0 Å². The van der Waals surface area contributed by atoms with Gasteiger partial charge in [0.1, 0.15) is 6.04 Å². The molecule has 1 atom stereocenters. The molecule has 1 fully saturated rings. The number of hydrogen-bond donors (Lipinski definition) is 1. The lowest BCUT2D eigenvalue weighted by molar-refractivity contribution is -0.137. The van der Waals surface area contributed by atoms with Gasteiger partial charge in [0, 0.05) is 12.1 Å². The Morgan fingerprint density at radius 1 is 1.37 bits per heavy atom. The summed E-state index contributed by atoms with van der Waals surface area (Å²) in [5.74, 6) is 4.72. The molecule has 1 amide bonds.